The molecule has 0 radical (unpaired) electrons. The predicted molar refractivity (Wildman–Crippen MR) is 125 cm³/mol. The van der Waals surface area contributed by atoms with Crippen LogP contribution in [0.5, 0.6) is 0 Å². The smallest absolute Gasteiger partial charge is 0.328 e. The van der Waals surface area contributed by atoms with Crippen LogP contribution in [0, 0.1) is 5.41 Å². The predicted octanol–water partition coefficient (Wildman–Crippen LogP) is 4.52. The number of carboxylic acids is 1. The summed E-state index contributed by atoms with van der Waals surface area (Å²) < 4.78 is 0.481. The lowest BCUT2D eigenvalue weighted by Gasteiger charge is -2.25. The zero-order chi connectivity index (χ0) is 23.3. The lowest BCUT2D eigenvalue weighted by atomic mass is 9.80. The molecule has 3 heterocycles. The standard InChI is InChI=1S/C22H27ClN4O4S/c1-3-7-17-16(8-5-4-6-9-19(29)30)22(10-11-26(13-22)15(2)28)14-27(17)21(31)25-20-24-12-18(23)32-20/h3,7-8,12H,1,4-6,9-11,13-14H2,2H3,(H,29,30)(H,24,25,31)/b16-8+,17-7+. The molecule has 32 heavy (non-hydrogen) atoms. The van der Waals surface area contributed by atoms with Gasteiger partial charge in [0.15, 0.2) is 5.13 Å². The van der Waals surface area contributed by atoms with E-state index in [-0.39, 0.29) is 23.8 Å². The minimum Gasteiger partial charge on any atom is -0.481 e. The second-order valence-electron chi connectivity index (χ2n) is 8.00. The summed E-state index contributed by atoms with van der Waals surface area (Å²) in [6, 6.07) is -0.320. The van der Waals surface area contributed by atoms with E-state index in [9.17, 15) is 14.4 Å². The lowest BCUT2D eigenvalue weighted by molar-refractivity contribution is -0.137. The molecule has 8 nitrogen and oxygen atoms in total. The first kappa shape index (κ1) is 24.0. The molecule has 3 rings (SSSR count). The van der Waals surface area contributed by atoms with Gasteiger partial charge in [0.05, 0.1) is 6.20 Å². The van der Waals surface area contributed by atoms with Gasteiger partial charge in [0.1, 0.15) is 4.34 Å². The Hall–Kier alpha value is -2.65. The van der Waals surface area contributed by atoms with Crippen molar-refractivity contribution in [1.82, 2.24) is 14.8 Å². The highest BCUT2D eigenvalue weighted by atomic mass is 35.5. The second-order valence-corrected chi connectivity index (χ2v) is 9.66. The Morgan fingerprint density at radius 3 is 2.75 bits per heavy atom. The number of carbonyl (C=O) groups excluding carboxylic acids is 2. The second kappa shape index (κ2) is 10.3. The summed E-state index contributed by atoms with van der Waals surface area (Å²) in [5.74, 6) is -0.794. The molecule has 2 fully saturated rings. The highest BCUT2D eigenvalue weighted by molar-refractivity contribution is 7.19. The maximum atomic E-state index is 13.2. The zero-order valence-corrected chi connectivity index (χ0v) is 19.5. The minimum atomic E-state index is -0.805. The SMILES string of the molecule is C=C/C=C1\C(=C/CCCCC(=O)O)C2(CCN(C(C)=O)C2)CN1C(=O)Nc1ncc(Cl)s1. The number of hydrogen-bond acceptors (Lipinski definition) is 5. The summed E-state index contributed by atoms with van der Waals surface area (Å²) in [6.07, 6.45) is 9.91. The van der Waals surface area contributed by atoms with Crippen LogP contribution in [-0.2, 0) is 9.59 Å². The maximum Gasteiger partial charge on any atom is 0.328 e. The molecule has 2 N–H and O–H groups in total. The quantitative estimate of drug-likeness (QED) is 0.560. The van der Waals surface area contributed by atoms with Crippen molar-refractivity contribution in [2.75, 3.05) is 25.0 Å². The van der Waals surface area contributed by atoms with Gasteiger partial charge >= 0.3 is 12.0 Å². The number of nitrogens with one attached hydrogen (secondary N) is 1. The van der Waals surface area contributed by atoms with Crippen LogP contribution < -0.4 is 5.32 Å². The molecule has 0 aliphatic carbocycles. The van der Waals surface area contributed by atoms with Gasteiger partial charge in [0.25, 0.3) is 0 Å². The van der Waals surface area contributed by atoms with Crippen molar-refractivity contribution in [3.05, 3.63) is 46.6 Å². The summed E-state index contributed by atoms with van der Waals surface area (Å²) in [6.45, 7) is 6.96. The Bertz CT molecular complexity index is 973. The molecule has 3 amide bonds. The molecule has 2 aliphatic rings. The van der Waals surface area contributed by atoms with Crippen molar-refractivity contribution < 1.29 is 19.5 Å². The Morgan fingerprint density at radius 1 is 1.38 bits per heavy atom. The fourth-order valence-electron chi connectivity index (χ4n) is 4.31. The van der Waals surface area contributed by atoms with Crippen molar-refractivity contribution in [2.24, 2.45) is 5.41 Å². The fourth-order valence-corrected chi connectivity index (χ4v) is 5.11. The first-order chi connectivity index (χ1) is 15.3. The van der Waals surface area contributed by atoms with Crippen LogP contribution in [0.3, 0.4) is 0 Å². The molecule has 10 heteroatoms. The highest BCUT2D eigenvalue weighted by Crippen LogP contribution is 2.49. The van der Waals surface area contributed by atoms with E-state index in [1.54, 1.807) is 17.9 Å². The molecule has 1 aromatic rings. The summed E-state index contributed by atoms with van der Waals surface area (Å²) >= 11 is 7.12. The number of aromatic nitrogens is 1. The van der Waals surface area contributed by atoms with Crippen molar-refractivity contribution in [2.45, 2.75) is 39.0 Å². The van der Waals surface area contributed by atoms with E-state index >= 15 is 0 Å². The number of rotatable bonds is 7. The number of allylic oxidation sites excluding steroid dienone is 4. The topological polar surface area (TPSA) is 103 Å². The maximum absolute atomic E-state index is 13.2. The number of amides is 3. The van der Waals surface area contributed by atoms with Crippen molar-refractivity contribution in [3.8, 4) is 0 Å². The van der Waals surface area contributed by atoms with E-state index in [4.69, 9.17) is 16.7 Å². The third-order valence-corrected chi connectivity index (χ3v) is 6.83. The molecule has 172 valence electrons. The average Bonchev–Trinajstić information content (AvgIpc) is 3.41. The Kier molecular flexibility index (Phi) is 7.73. The van der Waals surface area contributed by atoms with Crippen LogP contribution in [0.25, 0.3) is 0 Å². The van der Waals surface area contributed by atoms with Crippen LogP contribution in [0.2, 0.25) is 4.34 Å². The highest BCUT2D eigenvalue weighted by Gasteiger charge is 2.51. The average molecular weight is 479 g/mol. The number of thiazole rings is 1. The Morgan fingerprint density at radius 2 is 2.16 bits per heavy atom. The van der Waals surface area contributed by atoms with Crippen LogP contribution in [-0.4, -0.2) is 57.4 Å². The molecule has 0 saturated carbocycles. The van der Waals surface area contributed by atoms with E-state index in [1.165, 1.54) is 17.5 Å². The van der Waals surface area contributed by atoms with Gasteiger partial charge in [-0.2, -0.15) is 0 Å². The summed E-state index contributed by atoms with van der Waals surface area (Å²) in [4.78, 5) is 43.6. The molecular formula is C22H27ClN4O4S. The molecule has 0 bridgehead atoms. The van der Waals surface area contributed by atoms with Crippen molar-refractivity contribution in [3.63, 3.8) is 0 Å². The van der Waals surface area contributed by atoms with E-state index in [2.05, 4.69) is 23.0 Å². The number of aliphatic carboxylic acids is 1. The summed E-state index contributed by atoms with van der Waals surface area (Å²) in [7, 11) is 0. The van der Waals surface area contributed by atoms with Gasteiger partial charge in [-0.15, -0.1) is 0 Å². The number of carbonyl (C=O) groups is 3. The summed E-state index contributed by atoms with van der Waals surface area (Å²) in [5, 5.41) is 12.1. The van der Waals surface area contributed by atoms with Gasteiger partial charge < -0.3 is 10.0 Å². The van der Waals surface area contributed by atoms with E-state index < -0.39 is 5.97 Å². The number of urea groups is 1. The molecule has 1 spiro atoms. The van der Waals surface area contributed by atoms with Crippen LogP contribution in [0.4, 0.5) is 9.93 Å². The van der Waals surface area contributed by atoms with E-state index in [0.29, 0.717) is 41.9 Å². The van der Waals surface area contributed by atoms with Gasteiger partial charge in [-0.25, -0.2) is 9.78 Å². The molecule has 1 aromatic heterocycles. The Labute approximate surface area is 196 Å². The third kappa shape index (κ3) is 5.39. The molecule has 2 aliphatic heterocycles. The van der Waals surface area contributed by atoms with Gasteiger partial charge in [-0.05, 0) is 37.3 Å². The van der Waals surface area contributed by atoms with Gasteiger partial charge in [-0.1, -0.05) is 41.7 Å². The van der Waals surface area contributed by atoms with Crippen LogP contribution in [0.1, 0.15) is 39.0 Å². The van der Waals surface area contributed by atoms with Gasteiger partial charge in [0.2, 0.25) is 5.91 Å². The monoisotopic (exact) mass is 478 g/mol. The number of nitrogens with zero attached hydrogens (tertiary/aromatic N) is 3. The van der Waals surface area contributed by atoms with Crippen molar-refractivity contribution >= 4 is 46.0 Å². The van der Waals surface area contributed by atoms with Crippen LogP contribution in [0.15, 0.2) is 42.3 Å². The first-order valence-corrected chi connectivity index (χ1v) is 11.7. The van der Waals surface area contributed by atoms with E-state index in [0.717, 1.165) is 24.1 Å². The largest absolute Gasteiger partial charge is 0.481 e. The van der Waals surface area contributed by atoms with E-state index in [1.807, 2.05) is 11.0 Å². The summed E-state index contributed by atoms with van der Waals surface area (Å²) in [5.41, 5.74) is 1.37. The number of unbranched alkanes of at least 4 members (excludes halogenated alkanes) is 2. The van der Waals surface area contributed by atoms with Crippen LogP contribution >= 0.6 is 22.9 Å². The number of anilines is 1. The van der Waals surface area contributed by atoms with Crippen molar-refractivity contribution in [1.29, 1.82) is 0 Å². The Balaban J connectivity index is 1.87. The normalized spacial score (nSPS) is 22.8. The lowest BCUT2D eigenvalue weighted by Crippen LogP contribution is -2.37. The molecule has 0 aromatic carbocycles. The number of halogens is 1. The molecule has 2 saturated heterocycles. The van der Waals surface area contributed by atoms with Gasteiger partial charge in [0, 0.05) is 44.1 Å². The fraction of sp³-hybridized carbons (Fsp3) is 0.455. The zero-order valence-electron chi connectivity index (χ0n) is 18.0. The molecule has 1 unspecified atom stereocenters. The first-order valence-electron chi connectivity index (χ1n) is 10.5. The number of hydrogen-bond donors (Lipinski definition) is 2. The third-order valence-electron chi connectivity index (χ3n) is 5.80. The number of likely N-dealkylation sites (tertiary alicyclic amines) is 2. The molecule has 1 atom stereocenters. The minimum absolute atomic E-state index is 0.0114. The van der Waals surface area contributed by atoms with Gasteiger partial charge in [-0.3, -0.25) is 19.8 Å². The molecular weight excluding hydrogens is 452 g/mol. The number of carboxylic acid groups (broad SMARTS) is 1.